The molecule has 0 radical (unpaired) electrons. The number of rotatable bonds is 0. The lowest BCUT2D eigenvalue weighted by Gasteiger charge is -1.93. The minimum absolute atomic E-state index is 0.915. The summed E-state index contributed by atoms with van der Waals surface area (Å²) in [5, 5.41) is 10.2. The van der Waals surface area contributed by atoms with E-state index < -0.39 is 0 Å². The zero-order valence-corrected chi connectivity index (χ0v) is 7.38. The molecule has 66 valence electrons. The van der Waals surface area contributed by atoms with E-state index >= 15 is 0 Å². The van der Waals surface area contributed by atoms with Crippen molar-refractivity contribution in [3.8, 4) is 11.3 Å². The summed E-state index contributed by atoms with van der Waals surface area (Å²) in [4.78, 5) is 4.20. The molecule has 0 fully saturated rings. The molecule has 2 heterocycles. The molecule has 2 aliphatic rings. The van der Waals surface area contributed by atoms with Crippen LogP contribution >= 0.6 is 0 Å². The molecule has 0 atom stereocenters. The third kappa shape index (κ3) is 0.956. The third-order valence-corrected chi connectivity index (χ3v) is 2.27. The molecule has 0 aliphatic carbocycles. The molecule has 1 aromatic rings. The summed E-state index contributed by atoms with van der Waals surface area (Å²) >= 11 is 0. The minimum Gasteiger partial charge on any atom is -0.263 e. The summed E-state index contributed by atoms with van der Waals surface area (Å²) in [7, 11) is 0. The summed E-state index contributed by atoms with van der Waals surface area (Å²) in [6, 6.07) is 8.05. The molecular weight excluding hydrogens is 174 g/mol. The Morgan fingerprint density at radius 3 is 2.86 bits per heavy atom. The van der Waals surface area contributed by atoms with Gasteiger partial charge >= 0.3 is 0 Å². The fourth-order valence-corrected chi connectivity index (χ4v) is 1.59. The first kappa shape index (κ1) is 7.38. The average molecular weight is 181 g/mol. The van der Waals surface area contributed by atoms with Gasteiger partial charge in [-0.05, 0) is 0 Å². The summed E-state index contributed by atoms with van der Waals surface area (Å²) in [5.41, 5.74) is 1.89. The lowest BCUT2D eigenvalue weighted by Crippen LogP contribution is -1.74. The summed E-state index contributed by atoms with van der Waals surface area (Å²) in [5.74, 6) is 0. The lowest BCUT2D eigenvalue weighted by atomic mass is 10.1. The van der Waals surface area contributed by atoms with E-state index in [2.05, 4.69) is 15.2 Å². The second-order valence-corrected chi connectivity index (χ2v) is 3.14. The van der Waals surface area contributed by atoms with Crippen LogP contribution < -0.4 is 0 Å². The van der Waals surface area contributed by atoms with Gasteiger partial charge in [-0.15, -0.1) is 5.10 Å². The van der Waals surface area contributed by atoms with Crippen LogP contribution in [0.3, 0.4) is 0 Å². The highest BCUT2D eigenvalue weighted by atomic mass is 15.1. The van der Waals surface area contributed by atoms with Crippen molar-refractivity contribution < 1.29 is 0 Å². The number of fused-ring (bicyclic) bond motifs is 3. The van der Waals surface area contributed by atoms with Crippen molar-refractivity contribution in [2.24, 2.45) is 0 Å². The van der Waals surface area contributed by atoms with Crippen LogP contribution in [0.1, 0.15) is 0 Å². The van der Waals surface area contributed by atoms with Gasteiger partial charge in [-0.2, -0.15) is 5.10 Å². The monoisotopic (exact) mass is 181 g/mol. The smallest absolute Gasteiger partial charge is 0.104 e. The Labute approximate surface area is 80.8 Å². The largest absolute Gasteiger partial charge is 0.263 e. The minimum atomic E-state index is 0.915. The van der Waals surface area contributed by atoms with Gasteiger partial charge in [-0.25, -0.2) is 0 Å². The second kappa shape index (κ2) is 2.73. The fraction of sp³-hybridized carbons (Fsp3) is 0. The van der Waals surface area contributed by atoms with Gasteiger partial charge in [0.25, 0.3) is 0 Å². The third-order valence-electron chi connectivity index (χ3n) is 2.27. The fourth-order valence-electron chi connectivity index (χ4n) is 1.59. The van der Waals surface area contributed by atoms with E-state index in [1.54, 1.807) is 12.4 Å². The van der Waals surface area contributed by atoms with Gasteiger partial charge < -0.3 is 0 Å². The average Bonchev–Trinajstić information content (AvgIpc) is 2.61. The van der Waals surface area contributed by atoms with Gasteiger partial charge in [0.15, 0.2) is 0 Å². The maximum Gasteiger partial charge on any atom is 0.104 e. The highest BCUT2D eigenvalue weighted by molar-refractivity contribution is 5.93. The number of hydrogen-bond acceptors (Lipinski definition) is 3. The quantitative estimate of drug-likeness (QED) is 0.533. The van der Waals surface area contributed by atoms with Gasteiger partial charge in [0.2, 0.25) is 0 Å². The van der Waals surface area contributed by atoms with Crippen LogP contribution in [0.2, 0.25) is 0 Å². The topological polar surface area (TPSA) is 38.7 Å². The van der Waals surface area contributed by atoms with Crippen LogP contribution in [-0.4, -0.2) is 15.2 Å². The first-order valence-corrected chi connectivity index (χ1v) is 4.39. The van der Waals surface area contributed by atoms with Crippen LogP contribution in [0.15, 0.2) is 42.9 Å². The molecule has 0 saturated heterocycles. The number of benzene rings is 1. The normalized spacial score (nSPS) is 10.9. The maximum atomic E-state index is 4.20. The Balaban J connectivity index is 2.56. The summed E-state index contributed by atoms with van der Waals surface area (Å²) < 4.78 is 0. The number of hydrogen-bond donors (Lipinski definition) is 0. The van der Waals surface area contributed by atoms with Crippen LogP contribution in [0.25, 0.3) is 22.0 Å². The van der Waals surface area contributed by atoms with E-state index in [0.717, 1.165) is 22.0 Å². The van der Waals surface area contributed by atoms with Crippen molar-refractivity contribution in [1.29, 1.82) is 0 Å². The zero-order valence-electron chi connectivity index (χ0n) is 7.38. The molecule has 14 heavy (non-hydrogen) atoms. The van der Waals surface area contributed by atoms with Crippen LogP contribution in [0.5, 0.6) is 0 Å². The molecule has 3 heteroatoms. The maximum absolute atomic E-state index is 4.20. The van der Waals surface area contributed by atoms with Crippen LogP contribution in [0.4, 0.5) is 0 Å². The molecular formula is C11H7N3. The van der Waals surface area contributed by atoms with E-state index in [4.69, 9.17) is 0 Å². The van der Waals surface area contributed by atoms with Gasteiger partial charge in [0.05, 0.1) is 6.20 Å². The van der Waals surface area contributed by atoms with E-state index in [-0.39, 0.29) is 0 Å². The number of aromatic nitrogens is 3. The Morgan fingerprint density at radius 1 is 0.929 bits per heavy atom. The van der Waals surface area contributed by atoms with Crippen molar-refractivity contribution in [3.63, 3.8) is 0 Å². The zero-order chi connectivity index (χ0) is 9.38. The Morgan fingerprint density at radius 2 is 1.86 bits per heavy atom. The molecule has 3 rings (SSSR count). The lowest BCUT2D eigenvalue weighted by molar-refractivity contribution is 1.11. The van der Waals surface area contributed by atoms with Crippen molar-refractivity contribution in [3.05, 3.63) is 42.9 Å². The molecule has 0 N–H and O–H groups in total. The Bertz CT molecular complexity index is 562. The molecule has 3 nitrogen and oxygen atoms in total. The predicted octanol–water partition coefficient (Wildman–Crippen LogP) is 2.13. The van der Waals surface area contributed by atoms with Gasteiger partial charge in [0, 0.05) is 28.7 Å². The van der Waals surface area contributed by atoms with Gasteiger partial charge in [-0.3, -0.25) is 4.98 Å². The first-order valence-electron chi connectivity index (χ1n) is 4.39. The molecule has 0 aromatic heterocycles. The van der Waals surface area contributed by atoms with E-state index in [1.807, 2.05) is 30.5 Å². The predicted molar refractivity (Wildman–Crippen MR) is 54.0 cm³/mol. The molecule has 0 spiro atoms. The van der Waals surface area contributed by atoms with Crippen molar-refractivity contribution >= 4 is 10.8 Å². The molecule has 0 saturated carbocycles. The standard InChI is InChI=1S/C11H7N3/c1-2-4-10-8(3-1)5-12-6-9-7-13-14-11(9)10/h1-7H. The Kier molecular flexibility index (Phi) is 1.44. The second-order valence-electron chi connectivity index (χ2n) is 3.14. The van der Waals surface area contributed by atoms with Crippen LogP contribution in [0, 0.1) is 0 Å². The van der Waals surface area contributed by atoms with Crippen molar-refractivity contribution in [2.75, 3.05) is 0 Å². The van der Waals surface area contributed by atoms with E-state index in [0.29, 0.717) is 0 Å². The summed E-state index contributed by atoms with van der Waals surface area (Å²) in [6.45, 7) is 0. The molecule has 0 amide bonds. The van der Waals surface area contributed by atoms with Gasteiger partial charge in [0.1, 0.15) is 5.69 Å². The molecule has 2 aliphatic heterocycles. The van der Waals surface area contributed by atoms with E-state index in [9.17, 15) is 0 Å². The number of nitrogens with zero attached hydrogens (tertiary/aromatic N) is 3. The molecule has 0 bridgehead atoms. The first-order chi connectivity index (χ1) is 6.95. The molecule has 1 aromatic carbocycles. The SMILES string of the molecule is c1ccc2c3nncc-3cncc2c1. The molecule has 0 unspecified atom stereocenters. The van der Waals surface area contributed by atoms with Crippen molar-refractivity contribution in [1.82, 2.24) is 15.2 Å². The van der Waals surface area contributed by atoms with Crippen molar-refractivity contribution in [2.45, 2.75) is 0 Å². The van der Waals surface area contributed by atoms with E-state index in [1.165, 1.54) is 0 Å². The van der Waals surface area contributed by atoms with Crippen LogP contribution in [-0.2, 0) is 0 Å². The summed E-state index contributed by atoms with van der Waals surface area (Å²) in [6.07, 6.45) is 5.36. The highest BCUT2D eigenvalue weighted by Gasteiger charge is 2.07. The van der Waals surface area contributed by atoms with Gasteiger partial charge in [-0.1, -0.05) is 24.3 Å². The Hall–Kier alpha value is -2.03. The highest BCUT2D eigenvalue weighted by Crippen LogP contribution is 2.25.